The Morgan fingerprint density at radius 3 is 2.35 bits per heavy atom. The smallest absolute Gasteiger partial charge is 0.251 e. The highest BCUT2D eigenvalue weighted by molar-refractivity contribution is 7.92. The van der Waals surface area contributed by atoms with Gasteiger partial charge in [-0.3, -0.25) is 9.10 Å². The molecule has 23 heavy (non-hydrogen) atoms. The van der Waals surface area contributed by atoms with Crippen LogP contribution in [0.4, 0.5) is 5.69 Å². The lowest BCUT2D eigenvalue weighted by molar-refractivity contribution is 0.0930. The molecule has 1 N–H and O–H groups in total. The van der Waals surface area contributed by atoms with Crippen LogP contribution in [0.3, 0.4) is 0 Å². The molecule has 6 heteroatoms. The third kappa shape index (κ3) is 5.23. The predicted octanol–water partition coefficient (Wildman–Crippen LogP) is 2.93. The summed E-state index contributed by atoms with van der Waals surface area (Å²) >= 11 is 0. The van der Waals surface area contributed by atoms with E-state index in [-0.39, 0.29) is 11.9 Å². The summed E-state index contributed by atoms with van der Waals surface area (Å²) in [5, 5.41) is 3.10. The first-order chi connectivity index (χ1) is 10.9. The first kappa shape index (κ1) is 17.8. The van der Waals surface area contributed by atoms with Crippen molar-refractivity contribution in [1.82, 2.24) is 5.32 Å². The minimum absolute atomic E-state index is 0.126. The van der Waals surface area contributed by atoms with Crippen LogP contribution in [0.2, 0.25) is 0 Å². The lowest BCUT2D eigenvalue weighted by Crippen LogP contribution is -2.35. The van der Waals surface area contributed by atoms with E-state index in [0.717, 1.165) is 31.9 Å². The highest BCUT2D eigenvalue weighted by Crippen LogP contribution is 2.19. The minimum atomic E-state index is -3.33. The van der Waals surface area contributed by atoms with Gasteiger partial charge in [0, 0.05) is 18.7 Å². The average molecular weight is 338 g/mol. The Kier molecular flexibility index (Phi) is 6.04. The Morgan fingerprint density at radius 2 is 1.74 bits per heavy atom. The maximum atomic E-state index is 12.5. The van der Waals surface area contributed by atoms with Crippen molar-refractivity contribution in [2.24, 2.45) is 0 Å². The highest BCUT2D eigenvalue weighted by Gasteiger charge is 2.17. The van der Waals surface area contributed by atoms with Crippen LogP contribution in [0.5, 0.6) is 0 Å². The van der Waals surface area contributed by atoms with E-state index in [4.69, 9.17) is 0 Å². The fourth-order valence-electron chi connectivity index (χ4n) is 2.90. The molecule has 0 spiro atoms. The van der Waals surface area contributed by atoms with Crippen molar-refractivity contribution in [3.05, 3.63) is 29.8 Å². The first-order valence-electron chi connectivity index (χ1n) is 8.23. The van der Waals surface area contributed by atoms with Gasteiger partial charge in [-0.2, -0.15) is 0 Å². The molecule has 1 fully saturated rings. The zero-order chi connectivity index (χ0) is 16.9. The van der Waals surface area contributed by atoms with Crippen molar-refractivity contribution < 1.29 is 13.2 Å². The van der Waals surface area contributed by atoms with E-state index in [1.807, 2.05) is 0 Å². The van der Waals surface area contributed by atoms with Crippen LogP contribution in [0.25, 0.3) is 0 Å². The van der Waals surface area contributed by atoms with Gasteiger partial charge in [0.15, 0.2) is 0 Å². The fourth-order valence-corrected chi connectivity index (χ4v) is 3.40. The van der Waals surface area contributed by atoms with Gasteiger partial charge in [-0.25, -0.2) is 8.42 Å². The summed E-state index contributed by atoms with van der Waals surface area (Å²) in [5.41, 5.74) is 0.998. The fraction of sp³-hybridized carbons (Fsp3) is 0.588. The van der Waals surface area contributed by atoms with Gasteiger partial charge in [-0.15, -0.1) is 0 Å². The largest absolute Gasteiger partial charge is 0.349 e. The average Bonchev–Trinajstić information content (AvgIpc) is 2.48. The van der Waals surface area contributed by atoms with Crippen LogP contribution in [0, 0.1) is 0 Å². The van der Waals surface area contributed by atoms with Gasteiger partial charge >= 0.3 is 0 Å². The van der Waals surface area contributed by atoms with Crippen LogP contribution >= 0.6 is 0 Å². The molecule has 1 aliphatic rings. The number of anilines is 1. The summed E-state index contributed by atoms with van der Waals surface area (Å²) in [4.78, 5) is 12.5. The summed E-state index contributed by atoms with van der Waals surface area (Å²) in [6.45, 7) is 0. The van der Waals surface area contributed by atoms with Gasteiger partial charge in [-0.1, -0.05) is 38.2 Å². The molecule has 0 radical (unpaired) electrons. The number of sulfonamides is 1. The van der Waals surface area contributed by atoms with E-state index >= 15 is 0 Å². The molecule has 0 bridgehead atoms. The summed E-state index contributed by atoms with van der Waals surface area (Å²) in [5.74, 6) is -0.126. The summed E-state index contributed by atoms with van der Waals surface area (Å²) < 4.78 is 24.4. The number of nitrogens with zero attached hydrogens (tertiary/aromatic N) is 1. The quantitative estimate of drug-likeness (QED) is 0.918. The number of hydrogen-bond acceptors (Lipinski definition) is 3. The third-order valence-electron chi connectivity index (χ3n) is 4.41. The molecule has 0 aromatic heterocycles. The van der Waals surface area contributed by atoms with Crippen LogP contribution in [0.15, 0.2) is 24.3 Å². The van der Waals surface area contributed by atoms with Crippen LogP contribution in [-0.2, 0) is 10.0 Å². The van der Waals surface area contributed by atoms with E-state index in [1.54, 1.807) is 24.3 Å². The Labute approximate surface area is 139 Å². The molecule has 0 saturated heterocycles. The molecule has 0 unspecified atom stereocenters. The van der Waals surface area contributed by atoms with E-state index < -0.39 is 10.0 Å². The predicted molar refractivity (Wildman–Crippen MR) is 93.3 cm³/mol. The summed E-state index contributed by atoms with van der Waals surface area (Å²) in [7, 11) is -1.85. The van der Waals surface area contributed by atoms with Gasteiger partial charge in [0.1, 0.15) is 0 Å². The number of benzene rings is 1. The number of nitrogens with one attached hydrogen (secondary N) is 1. The van der Waals surface area contributed by atoms with Crippen molar-refractivity contribution >= 4 is 21.6 Å². The molecule has 1 amide bonds. The van der Waals surface area contributed by atoms with Gasteiger partial charge in [-0.05, 0) is 31.0 Å². The number of amides is 1. The molecule has 0 atom stereocenters. The zero-order valence-electron chi connectivity index (χ0n) is 13.9. The topological polar surface area (TPSA) is 66.5 Å². The highest BCUT2D eigenvalue weighted by atomic mass is 32.2. The van der Waals surface area contributed by atoms with Crippen molar-refractivity contribution in [2.45, 2.75) is 51.0 Å². The number of carbonyl (C=O) groups is 1. The molecule has 1 aromatic carbocycles. The first-order valence-corrected chi connectivity index (χ1v) is 10.1. The lowest BCUT2D eigenvalue weighted by atomic mass is 9.96. The second-order valence-electron chi connectivity index (χ2n) is 6.30. The third-order valence-corrected chi connectivity index (χ3v) is 5.62. The lowest BCUT2D eigenvalue weighted by Gasteiger charge is -2.22. The molecular weight excluding hydrogens is 312 g/mol. The molecule has 1 aliphatic carbocycles. The maximum Gasteiger partial charge on any atom is 0.251 e. The zero-order valence-corrected chi connectivity index (χ0v) is 14.7. The van der Waals surface area contributed by atoms with Crippen LogP contribution in [-0.4, -0.2) is 33.7 Å². The Morgan fingerprint density at radius 1 is 1.13 bits per heavy atom. The second-order valence-corrected chi connectivity index (χ2v) is 8.31. The molecule has 5 nitrogen and oxygen atoms in total. The standard InChI is InChI=1S/C17H26N2O3S/c1-19(23(2,21)22)16-12-8-9-14(13-16)17(20)18-15-10-6-4-3-5-7-11-15/h8-9,12-13,15H,3-7,10-11H2,1-2H3,(H,18,20). The summed E-state index contributed by atoms with van der Waals surface area (Å²) in [6, 6.07) is 6.97. The Hall–Kier alpha value is -1.56. The molecule has 1 aromatic rings. The van der Waals surface area contributed by atoms with Crippen LogP contribution < -0.4 is 9.62 Å². The molecular formula is C17H26N2O3S. The van der Waals surface area contributed by atoms with Gasteiger partial charge in [0.2, 0.25) is 10.0 Å². The number of carbonyl (C=O) groups excluding carboxylic acids is 1. The number of hydrogen-bond donors (Lipinski definition) is 1. The van der Waals surface area contributed by atoms with Gasteiger partial charge < -0.3 is 5.32 Å². The normalized spacial score (nSPS) is 17.1. The van der Waals surface area contributed by atoms with Crippen molar-refractivity contribution in [3.8, 4) is 0 Å². The summed E-state index contributed by atoms with van der Waals surface area (Å²) in [6.07, 6.45) is 9.27. The van der Waals surface area contributed by atoms with Crippen molar-refractivity contribution in [1.29, 1.82) is 0 Å². The van der Waals surface area contributed by atoms with E-state index in [9.17, 15) is 13.2 Å². The Balaban J connectivity index is 2.07. The van der Waals surface area contributed by atoms with Gasteiger partial charge in [0.05, 0.1) is 11.9 Å². The van der Waals surface area contributed by atoms with E-state index in [2.05, 4.69) is 5.32 Å². The SMILES string of the molecule is CN(c1cccc(C(=O)NC2CCCCCCC2)c1)S(C)(=O)=O. The van der Waals surface area contributed by atoms with Gasteiger partial charge in [0.25, 0.3) is 5.91 Å². The monoisotopic (exact) mass is 338 g/mol. The van der Waals surface area contributed by atoms with Crippen molar-refractivity contribution in [3.63, 3.8) is 0 Å². The molecule has 0 heterocycles. The molecule has 0 aliphatic heterocycles. The van der Waals surface area contributed by atoms with Crippen LogP contribution in [0.1, 0.15) is 55.3 Å². The van der Waals surface area contributed by atoms with E-state index in [0.29, 0.717) is 11.3 Å². The minimum Gasteiger partial charge on any atom is -0.349 e. The maximum absolute atomic E-state index is 12.5. The molecule has 128 valence electrons. The number of rotatable bonds is 4. The second kappa shape index (κ2) is 7.81. The van der Waals surface area contributed by atoms with Crippen molar-refractivity contribution in [2.75, 3.05) is 17.6 Å². The molecule has 2 rings (SSSR count). The molecule has 1 saturated carbocycles. The van der Waals surface area contributed by atoms with E-state index in [1.165, 1.54) is 30.6 Å². The Bertz CT molecular complexity index is 635.